The highest BCUT2D eigenvalue weighted by Crippen LogP contribution is 2.33. The Labute approximate surface area is 114 Å². The summed E-state index contributed by atoms with van der Waals surface area (Å²) in [6.07, 6.45) is 1.30. The lowest BCUT2D eigenvalue weighted by Crippen LogP contribution is -2.35. The first-order chi connectivity index (χ1) is 9.15. The SMILES string of the molecule is COc1ccc(OC)c(C(C)N2CCC(=O)CC2)c1. The molecule has 0 N–H and O–H groups in total. The zero-order chi connectivity index (χ0) is 13.8. The highest BCUT2D eigenvalue weighted by atomic mass is 16.5. The molecule has 1 aromatic carbocycles. The summed E-state index contributed by atoms with van der Waals surface area (Å²) in [5, 5.41) is 0. The first-order valence-electron chi connectivity index (χ1n) is 6.63. The van der Waals surface area contributed by atoms with Gasteiger partial charge in [-0.3, -0.25) is 9.69 Å². The molecular weight excluding hydrogens is 242 g/mol. The molecular formula is C15H21NO3. The lowest BCUT2D eigenvalue weighted by atomic mass is 10.0. The third kappa shape index (κ3) is 3.07. The third-order valence-corrected chi connectivity index (χ3v) is 3.79. The molecule has 0 bridgehead atoms. The van der Waals surface area contributed by atoms with E-state index in [1.165, 1.54) is 0 Å². The lowest BCUT2D eigenvalue weighted by Gasteiger charge is -2.32. The van der Waals surface area contributed by atoms with Gasteiger partial charge in [0.2, 0.25) is 0 Å². The summed E-state index contributed by atoms with van der Waals surface area (Å²) >= 11 is 0. The molecule has 0 aromatic heterocycles. The van der Waals surface area contributed by atoms with Crippen molar-refractivity contribution in [1.82, 2.24) is 4.90 Å². The zero-order valence-electron chi connectivity index (χ0n) is 11.8. The number of Topliss-reactive ketones (excluding diaryl/α,β-unsaturated/α-hetero) is 1. The Balaban J connectivity index is 2.21. The molecule has 0 radical (unpaired) electrons. The monoisotopic (exact) mass is 263 g/mol. The molecule has 0 spiro atoms. The van der Waals surface area contributed by atoms with Gasteiger partial charge in [0.05, 0.1) is 14.2 Å². The molecule has 2 rings (SSSR count). The predicted molar refractivity (Wildman–Crippen MR) is 73.8 cm³/mol. The number of carbonyl (C=O) groups excluding carboxylic acids is 1. The maximum atomic E-state index is 11.3. The van der Waals surface area contributed by atoms with Gasteiger partial charge in [0, 0.05) is 37.5 Å². The highest BCUT2D eigenvalue weighted by molar-refractivity contribution is 5.79. The number of ketones is 1. The topological polar surface area (TPSA) is 38.8 Å². The van der Waals surface area contributed by atoms with Crippen molar-refractivity contribution in [2.75, 3.05) is 27.3 Å². The molecule has 1 unspecified atom stereocenters. The number of hydrogen-bond acceptors (Lipinski definition) is 4. The van der Waals surface area contributed by atoms with Crippen molar-refractivity contribution in [2.45, 2.75) is 25.8 Å². The van der Waals surface area contributed by atoms with Gasteiger partial charge in [-0.1, -0.05) is 0 Å². The Morgan fingerprint density at radius 3 is 2.42 bits per heavy atom. The molecule has 104 valence electrons. The third-order valence-electron chi connectivity index (χ3n) is 3.79. The molecule has 1 saturated heterocycles. The number of hydrogen-bond donors (Lipinski definition) is 0. The van der Waals surface area contributed by atoms with Gasteiger partial charge in [0.15, 0.2) is 0 Å². The number of benzene rings is 1. The molecule has 4 nitrogen and oxygen atoms in total. The first-order valence-corrected chi connectivity index (χ1v) is 6.63. The fourth-order valence-corrected chi connectivity index (χ4v) is 2.52. The maximum absolute atomic E-state index is 11.3. The van der Waals surface area contributed by atoms with Crippen molar-refractivity contribution < 1.29 is 14.3 Å². The number of carbonyl (C=O) groups is 1. The van der Waals surface area contributed by atoms with E-state index in [1.807, 2.05) is 18.2 Å². The second kappa shape index (κ2) is 6.06. The van der Waals surface area contributed by atoms with Gasteiger partial charge in [-0.05, 0) is 25.1 Å². The fourth-order valence-electron chi connectivity index (χ4n) is 2.52. The van der Waals surface area contributed by atoms with Crippen molar-refractivity contribution in [2.24, 2.45) is 0 Å². The number of piperidine rings is 1. The van der Waals surface area contributed by atoms with Crippen molar-refractivity contribution >= 4 is 5.78 Å². The molecule has 19 heavy (non-hydrogen) atoms. The second-order valence-corrected chi connectivity index (χ2v) is 4.86. The van der Waals surface area contributed by atoms with Gasteiger partial charge in [-0.2, -0.15) is 0 Å². The van der Waals surface area contributed by atoms with Crippen LogP contribution in [0.1, 0.15) is 31.4 Å². The summed E-state index contributed by atoms with van der Waals surface area (Å²) in [5.41, 5.74) is 1.11. The van der Waals surface area contributed by atoms with Crippen molar-refractivity contribution in [3.8, 4) is 11.5 Å². The summed E-state index contributed by atoms with van der Waals surface area (Å²) in [6, 6.07) is 6.06. The predicted octanol–water partition coefficient (Wildman–Crippen LogP) is 2.43. The van der Waals surface area contributed by atoms with Crippen LogP contribution in [0.2, 0.25) is 0 Å². The minimum Gasteiger partial charge on any atom is -0.497 e. The van der Waals surface area contributed by atoms with E-state index >= 15 is 0 Å². The van der Waals surface area contributed by atoms with Crippen LogP contribution in [0.4, 0.5) is 0 Å². The molecule has 1 heterocycles. The fraction of sp³-hybridized carbons (Fsp3) is 0.533. The number of methoxy groups -OCH3 is 2. The summed E-state index contributed by atoms with van der Waals surface area (Å²) in [7, 11) is 3.34. The zero-order valence-corrected chi connectivity index (χ0v) is 11.8. The molecule has 4 heteroatoms. The van der Waals surface area contributed by atoms with Crippen molar-refractivity contribution in [1.29, 1.82) is 0 Å². The normalized spacial score (nSPS) is 18.2. The van der Waals surface area contributed by atoms with Crippen LogP contribution < -0.4 is 9.47 Å². The van der Waals surface area contributed by atoms with Crippen molar-refractivity contribution in [3.63, 3.8) is 0 Å². The van der Waals surface area contributed by atoms with Gasteiger partial charge in [-0.25, -0.2) is 0 Å². The van der Waals surface area contributed by atoms with Gasteiger partial charge >= 0.3 is 0 Å². The molecule has 0 aliphatic carbocycles. The van der Waals surface area contributed by atoms with Crippen LogP contribution in [-0.2, 0) is 4.79 Å². The summed E-state index contributed by atoms with van der Waals surface area (Å²) in [5.74, 6) is 2.06. The Bertz CT molecular complexity index is 449. The van der Waals surface area contributed by atoms with E-state index in [2.05, 4.69) is 11.8 Å². The number of likely N-dealkylation sites (tertiary alicyclic amines) is 1. The van der Waals surface area contributed by atoms with E-state index < -0.39 is 0 Å². The van der Waals surface area contributed by atoms with Crippen LogP contribution in [0, 0.1) is 0 Å². The van der Waals surface area contributed by atoms with E-state index in [9.17, 15) is 4.79 Å². The van der Waals surface area contributed by atoms with E-state index in [4.69, 9.17) is 9.47 Å². The van der Waals surface area contributed by atoms with Gasteiger partial charge in [0.1, 0.15) is 17.3 Å². The van der Waals surface area contributed by atoms with E-state index in [0.717, 1.165) is 30.2 Å². The smallest absolute Gasteiger partial charge is 0.135 e. The quantitative estimate of drug-likeness (QED) is 0.836. The molecule has 0 saturated carbocycles. The van der Waals surface area contributed by atoms with Crippen LogP contribution in [0.3, 0.4) is 0 Å². The molecule has 1 aliphatic heterocycles. The van der Waals surface area contributed by atoms with Crippen LogP contribution >= 0.6 is 0 Å². The van der Waals surface area contributed by atoms with E-state index in [-0.39, 0.29) is 6.04 Å². The molecule has 0 amide bonds. The molecule has 1 aromatic rings. The summed E-state index contributed by atoms with van der Waals surface area (Å²) in [4.78, 5) is 13.6. The average Bonchev–Trinajstić information content (AvgIpc) is 2.46. The number of rotatable bonds is 4. The van der Waals surface area contributed by atoms with Gasteiger partial charge in [0.25, 0.3) is 0 Å². The largest absolute Gasteiger partial charge is 0.497 e. The van der Waals surface area contributed by atoms with Crippen LogP contribution in [0.5, 0.6) is 11.5 Å². The minimum absolute atomic E-state index is 0.221. The number of ether oxygens (including phenoxy) is 2. The standard InChI is InChI=1S/C15H21NO3/c1-11(16-8-6-12(17)7-9-16)14-10-13(18-2)4-5-15(14)19-3/h4-5,10-11H,6-9H2,1-3H3. The van der Waals surface area contributed by atoms with Gasteiger partial charge in [-0.15, -0.1) is 0 Å². The van der Waals surface area contributed by atoms with E-state index in [0.29, 0.717) is 18.6 Å². The van der Waals surface area contributed by atoms with Crippen LogP contribution in [0.15, 0.2) is 18.2 Å². The average molecular weight is 263 g/mol. The highest BCUT2D eigenvalue weighted by Gasteiger charge is 2.24. The molecule has 1 atom stereocenters. The summed E-state index contributed by atoms with van der Waals surface area (Å²) in [6.45, 7) is 3.79. The lowest BCUT2D eigenvalue weighted by molar-refractivity contribution is -0.121. The molecule has 1 fully saturated rings. The Kier molecular flexibility index (Phi) is 4.43. The molecule has 1 aliphatic rings. The van der Waals surface area contributed by atoms with Crippen LogP contribution in [0.25, 0.3) is 0 Å². The second-order valence-electron chi connectivity index (χ2n) is 4.86. The minimum atomic E-state index is 0.221. The summed E-state index contributed by atoms with van der Waals surface area (Å²) < 4.78 is 10.7. The number of nitrogens with zero attached hydrogens (tertiary/aromatic N) is 1. The maximum Gasteiger partial charge on any atom is 0.135 e. The van der Waals surface area contributed by atoms with Gasteiger partial charge < -0.3 is 9.47 Å². The van der Waals surface area contributed by atoms with E-state index in [1.54, 1.807) is 14.2 Å². The Morgan fingerprint density at radius 1 is 1.16 bits per heavy atom. The Morgan fingerprint density at radius 2 is 1.84 bits per heavy atom. The first kappa shape index (κ1) is 13.9. The Hall–Kier alpha value is -1.55. The van der Waals surface area contributed by atoms with Crippen molar-refractivity contribution in [3.05, 3.63) is 23.8 Å². The van der Waals surface area contributed by atoms with Crippen LogP contribution in [-0.4, -0.2) is 38.0 Å².